The number of nitrogens with one attached hydrogen (secondary N) is 4. The Morgan fingerprint density at radius 1 is 0.778 bits per heavy atom. The quantitative estimate of drug-likeness (QED) is 0.0458. The number of hydrogen-bond acceptors (Lipinski definition) is 15. The molecule has 4 atom stereocenters. The van der Waals surface area contributed by atoms with E-state index < -0.39 is 79.5 Å². The third-order valence-electron chi connectivity index (χ3n) is 15.6. The Labute approximate surface area is 490 Å². The van der Waals surface area contributed by atoms with Gasteiger partial charge in [-0.2, -0.15) is 4.98 Å². The number of H-pyrrole nitrogens is 2. The smallest absolute Gasteiger partial charge is 0.342 e. The van der Waals surface area contributed by atoms with Gasteiger partial charge in [0.25, 0.3) is 0 Å². The van der Waals surface area contributed by atoms with Gasteiger partial charge in [0.2, 0.25) is 17.2 Å². The van der Waals surface area contributed by atoms with Crippen molar-refractivity contribution in [2.45, 2.75) is 175 Å². The first-order chi connectivity index (χ1) is 36.8. The minimum atomic E-state index is -1.51. The van der Waals surface area contributed by atoms with Crippen LogP contribution in [0.3, 0.4) is 0 Å². The van der Waals surface area contributed by atoms with Crippen LogP contribution in [0, 0.1) is 63.1 Å². The number of ether oxygens (including phenoxy) is 3. The fourth-order valence-corrected chi connectivity index (χ4v) is 11.6. The summed E-state index contributed by atoms with van der Waals surface area (Å²) in [6.07, 6.45) is 3.91. The van der Waals surface area contributed by atoms with Gasteiger partial charge in [-0.25, -0.2) is 29.4 Å². The summed E-state index contributed by atoms with van der Waals surface area (Å²) in [5.41, 5.74) is 0.0158. The average Bonchev–Trinajstić information content (AvgIpc) is 3.94. The van der Waals surface area contributed by atoms with Crippen molar-refractivity contribution in [2.24, 2.45) is 78.1 Å². The number of aliphatic carboxylic acids is 2. The number of anilines is 2. The summed E-state index contributed by atoms with van der Waals surface area (Å²) >= 11 is 0. The Morgan fingerprint density at radius 2 is 1.27 bits per heavy atom. The van der Waals surface area contributed by atoms with Crippen LogP contribution in [-0.2, 0) is 57.7 Å². The second-order valence-electron chi connectivity index (χ2n) is 27.3. The van der Waals surface area contributed by atoms with Crippen molar-refractivity contribution in [3.05, 3.63) is 57.1 Å². The molecule has 2 fully saturated rings. The third-order valence-corrected chi connectivity index (χ3v) is 15.6. The van der Waals surface area contributed by atoms with Crippen LogP contribution in [0.4, 0.5) is 11.8 Å². The maximum Gasteiger partial charge on any atom is 0.342 e. The number of carbonyl (C=O) groups excluding carboxylic acids is 5. The molecule has 20 nitrogen and oxygen atoms in total. The number of carboxylic acid groups (broad SMARTS) is 2. The van der Waals surface area contributed by atoms with Crippen molar-refractivity contribution in [1.82, 2.24) is 19.9 Å². The predicted molar refractivity (Wildman–Crippen MR) is 303 cm³/mol. The number of amides is 1. The van der Waals surface area contributed by atoms with Gasteiger partial charge in [-0.3, -0.25) is 19.6 Å². The number of esters is 3. The third kappa shape index (κ3) is 17.3. The van der Waals surface area contributed by atoms with Gasteiger partial charge in [-0.15, -0.1) is 0 Å². The van der Waals surface area contributed by atoms with Crippen LogP contribution in [0.2, 0.25) is 0 Å². The van der Waals surface area contributed by atoms with Crippen molar-refractivity contribution in [3.8, 4) is 0 Å². The monoisotopic (exact) mass is 1180 g/mol. The van der Waals surface area contributed by atoms with E-state index in [1.165, 1.54) is 6.92 Å². The van der Waals surface area contributed by atoms with Crippen molar-refractivity contribution in [1.29, 1.82) is 0 Å². The molecular weight excluding hydrogens is 1090 g/mol. The summed E-state index contributed by atoms with van der Waals surface area (Å²) in [6.45, 7) is 40.7. The summed E-state index contributed by atoms with van der Waals surface area (Å²) in [7, 11) is 0. The molecule has 21 heteroatoms. The van der Waals surface area contributed by atoms with Gasteiger partial charge in [0, 0.05) is 48.7 Å². The molecule has 81 heavy (non-hydrogen) atoms. The first-order valence-electron chi connectivity index (χ1n) is 28.0. The fraction of sp³-hybridized carbons (Fsp3) is 0.667. The number of aromatic amines is 2. The SMILES string of the molecule is C=C(C)C(=O)OCC(=O)Nc1[n-]c(C=C2N=C(Nc3nc(=NCC(=O)[O-])[nH]c(=NCC(=O)O)[nH]3)C(C(=O)OC3C(C(C)(C)C)CC(C)CC3C(C)(C)C)=C2C(C)C)c(C(C)C)c1C(=O)OC1C(C(C)(C)C)CC(C)CC1C(C)(C)C.[Zn]. The molecule has 2 aliphatic carbocycles. The van der Waals surface area contributed by atoms with Crippen molar-refractivity contribution in [3.63, 3.8) is 0 Å². The number of aliphatic imine (C=N–C) groups is 1. The first-order valence-corrected chi connectivity index (χ1v) is 28.0. The maximum absolute atomic E-state index is 15.5. The molecule has 5 rings (SSSR count). The van der Waals surface area contributed by atoms with E-state index in [1.807, 2.05) is 27.7 Å². The van der Waals surface area contributed by atoms with Gasteiger partial charge < -0.3 is 44.8 Å². The summed E-state index contributed by atoms with van der Waals surface area (Å²) in [4.78, 5) is 108. The summed E-state index contributed by atoms with van der Waals surface area (Å²) in [5.74, 6) is -6.26. The van der Waals surface area contributed by atoms with Gasteiger partial charge in [0.15, 0.2) is 12.5 Å². The van der Waals surface area contributed by atoms with Crippen molar-refractivity contribution in [2.75, 3.05) is 30.3 Å². The zero-order valence-corrected chi connectivity index (χ0v) is 54.4. The van der Waals surface area contributed by atoms with Crippen LogP contribution in [0.1, 0.15) is 185 Å². The Hall–Kier alpha value is -5.98. The molecule has 4 unspecified atom stereocenters. The Bertz CT molecular complexity index is 2850. The molecule has 0 spiro atoms. The number of aromatic nitrogens is 4. The fourth-order valence-electron chi connectivity index (χ4n) is 11.6. The van der Waals surface area contributed by atoms with Crippen LogP contribution in [0.25, 0.3) is 6.08 Å². The molecule has 0 aromatic carbocycles. The van der Waals surface area contributed by atoms with Crippen LogP contribution in [-0.4, -0.2) is 93.6 Å². The van der Waals surface area contributed by atoms with Gasteiger partial charge in [0.05, 0.1) is 23.8 Å². The zero-order chi connectivity index (χ0) is 60.3. The topological polar surface area (TPSA) is 293 Å². The van der Waals surface area contributed by atoms with E-state index in [0.717, 1.165) is 25.7 Å². The second kappa shape index (κ2) is 26.5. The van der Waals surface area contributed by atoms with E-state index in [0.29, 0.717) is 23.0 Å². The van der Waals surface area contributed by atoms with E-state index in [9.17, 15) is 29.4 Å². The van der Waals surface area contributed by atoms with Gasteiger partial charge in [-0.05, 0) is 107 Å². The number of allylic oxidation sites excluding steroid dienone is 1. The minimum Gasteiger partial charge on any atom is -0.548 e. The van der Waals surface area contributed by atoms with Crippen LogP contribution in [0.15, 0.2) is 44.0 Å². The molecule has 0 saturated heterocycles. The molecule has 5 N–H and O–H groups in total. The number of rotatable bonds is 16. The standard InChI is InChI=1S/C60H91N9O11.Zn/c1-29(2)43-38(63-49(65-40(70)28-78-51(75)31(5)6)45(43)52(76)79-47-34(57(9,10)11)21-32(7)22-35(47)58(12,13)14)25-39-44(30(3)4)46(53(77)80-48-36(59(15,16)17)23-33(8)24-37(48)60(18,19)20)50(64-39)66-56-68-54(61-26-41(71)72)67-55(69-56)62-27-42(73)74;/h25,29-30,32-37,47-48H,5,21-24,26-28H2,1-4,6-20H3,(H7,61,62,63,64,65,66,67,68,69,70,71,72,73,74,76,77);/p-2. The molecule has 444 valence electrons. The van der Waals surface area contributed by atoms with Crippen LogP contribution in [0.5, 0.6) is 0 Å². The molecule has 2 aromatic rings. The molecule has 1 amide bonds. The number of carboxylic acids is 2. The molecule has 3 aliphatic rings. The van der Waals surface area contributed by atoms with Gasteiger partial charge >= 0.3 is 23.9 Å². The number of hydrogen-bond donors (Lipinski definition) is 5. The van der Waals surface area contributed by atoms with Crippen LogP contribution >= 0.6 is 0 Å². The second-order valence-corrected chi connectivity index (χ2v) is 27.3. The van der Waals surface area contributed by atoms with Crippen LogP contribution < -0.4 is 32.0 Å². The molecule has 2 saturated carbocycles. The van der Waals surface area contributed by atoms with E-state index >= 15 is 9.59 Å². The Balaban J connectivity index is 0.0000141. The molecule has 0 bridgehead atoms. The van der Waals surface area contributed by atoms with E-state index in [-0.39, 0.29) is 122 Å². The van der Waals surface area contributed by atoms with E-state index in [4.69, 9.17) is 24.2 Å². The molecule has 2 aromatic heterocycles. The Kier molecular flexibility index (Phi) is 22.1. The van der Waals surface area contributed by atoms with Crippen molar-refractivity contribution < 1.29 is 72.7 Å². The predicted octanol–water partition coefficient (Wildman–Crippen LogP) is 8.27. The number of nitrogens with zero attached hydrogens (tertiary/aromatic N) is 5. The maximum atomic E-state index is 15.5. The largest absolute Gasteiger partial charge is 0.548 e. The van der Waals surface area contributed by atoms with E-state index in [1.54, 1.807) is 6.08 Å². The average molecular weight is 1180 g/mol. The summed E-state index contributed by atoms with van der Waals surface area (Å²) < 4.78 is 18.9. The molecule has 1 aliphatic heterocycles. The van der Waals surface area contributed by atoms with Crippen molar-refractivity contribution >= 4 is 59.4 Å². The minimum absolute atomic E-state index is 0. The first kappa shape index (κ1) is 67.5. The normalized spacial score (nSPS) is 23.7. The van der Waals surface area contributed by atoms with Gasteiger partial charge in [0.1, 0.15) is 30.2 Å². The number of amidine groups is 1. The summed E-state index contributed by atoms with van der Waals surface area (Å²) in [6, 6.07) is 0. The van der Waals surface area contributed by atoms with E-state index in [2.05, 4.69) is 139 Å². The molecular formula is C60H89N9O11Zn-2. The zero-order valence-electron chi connectivity index (χ0n) is 51.5. The van der Waals surface area contributed by atoms with Gasteiger partial charge in [-0.1, -0.05) is 131 Å². The number of carbonyl (C=O) groups is 6. The Morgan fingerprint density at radius 3 is 1.70 bits per heavy atom. The molecule has 0 radical (unpaired) electrons. The molecule has 3 heterocycles. The summed E-state index contributed by atoms with van der Waals surface area (Å²) in [5, 5.41) is 26.9.